The minimum Gasteiger partial charge on any atom is -0.481 e. The molecular weight excluding hydrogens is 212 g/mol. The smallest absolute Gasteiger partial charge is 0.306 e. The van der Waals surface area contributed by atoms with Crippen molar-refractivity contribution in [3.05, 3.63) is 12.7 Å². The molecule has 0 unspecified atom stereocenters. The molecule has 0 rings (SSSR count). The van der Waals surface area contributed by atoms with Gasteiger partial charge in [-0.3, -0.25) is 4.79 Å². The molecule has 0 aliphatic carbocycles. The third-order valence-corrected chi connectivity index (χ3v) is 3.26. The van der Waals surface area contributed by atoms with Gasteiger partial charge in [0.1, 0.15) is 0 Å². The number of hydrogen-bond acceptors (Lipinski definition) is 1. The first-order valence-electron chi connectivity index (χ1n) is 6.86. The minimum atomic E-state index is -0.637. The lowest BCUT2D eigenvalue weighted by Crippen LogP contribution is -2.25. The molecule has 2 atom stereocenters. The van der Waals surface area contributed by atoms with Gasteiger partial charge in [0.15, 0.2) is 0 Å². The third kappa shape index (κ3) is 7.19. The first-order valence-corrected chi connectivity index (χ1v) is 6.86. The summed E-state index contributed by atoms with van der Waals surface area (Å²) in [7, 11) is 0. The Bertz CT molecular complexity index is 221. The molecule has 0 fully saturated rings. The fourth-order valence-electron chi connectivity index (χ4n) is 2.36. The van der Waals surface area contributed by atoms with Crippen LogP contribution in [0.15, 0.2) is 12.7 Å². The maximum atomic E-state index is 11.3. The van der Waals surface area contributed by atoms with Gasteiger partial charge in [-0.15, -0.1) is 6.58 Å². The highest BCUT2D eigenvalue weighted by Crippen LogP contribution is 2.28. The summed E-state index contributed by atoms with van der Waals surface area (Å²) in [6, 6.07) is 0. The molecule has 0 aromatic rings. The number of hydrogen-bond donors (Lipinski definition) is 1. The van der Waals surface area contributed by atoms with E-state index in [2.05, 4.69) is 27.4 Å². The molecule has 100 valence electrons. The number of carbonyl (C=O) groups is 1. The van der Waals surface area contributed by atoms with Crippen LogP contribution in [-0.2, 0) is 4.79 Å². The van der Waals surface area contributed by atoms with E-state index < -0.39 is 5.97 Å². The highest BCUT2D eigenvalue weighted by Gasteiger charge is 2.27. The first-order chi connectivity index (χ1) is 8.02. The molecule has 0 aliphatic rings. The highest BCUT2D eigenvalue weighted by molar-refractivity contribution is 5.70. The molecule has 0 aromatic heterocycles. The summed E-state index contributed by atoms with van der Waals surface area (Å²) in [4.78, 5) is 11.3. The van der Waals surface area contributed by atoms with Crippen LogP contribution in [0.2, 0.25) is 0 Å². The molecule has 1 N–H and O–H groups in total. The maximum Gasteiger partial charge on any atom is 0.306 e. The summed E-state index contributed by atoms with van der Waals surface area (Å²) >= 11 is 0. The van der Waals surface area contributed by atoms with Crippen molar-refractivity contribution >= 4 is 5.97 Å². The van der Waals surface area contributed by atoms with Crippen LogP contribution in [0.1, 0.15) is 59.3 Å². The van der Waals surface area contributed by atoms with Gasteiger partial charge in [0.2, 0.25) is 0 Å². The Kier molecular flexibility index (Phi) is 8.83. The molecule has 2 nitrogen and oxygen atoms in total. The molecular formula is C15H28O2. The predicted octanol–water partition coefficient (Wildman–Crippen LogP) is 4.51. The second-order valence-corrected chi connectivity index (χ2v) is 5.35. The van der Waals surface area contributed by atoms with Crippen LogP contribution in [0.5, 0.6) is 0 Å². The van der Waals surface area contributed by atoms with E-state index in [-0.39, 0.29) is 11.8 Å². The van der Waals surface area contributed by atoms with E-state index in [1.54, 1.807) is 0 Å². The second-order valence-electron chi connectivity index (χ2n) is 5.35. The quantitative estimate of drug-likeness (QED) is 0.451. The average molecular weight is 240 g/mol. The molecule has 0 aliphatic heterocycles. The standard InChI is InChI=1S/C15H28O2/c1-5-7-8-10-13(9-6-2)14(15(16)17)11-12(3)4/h6,12-14H,2,5,7-11H2,1,3-4H3,(H,16,17)/t13-,14-/m1/s1. The zero-order valence-electron chi connectivity index (χ0n) is 11.6. The Morgan fingerprint density at radius 1 is 1.35 bits per heavy atom. The molecule has 0 saturated carbocycles. The fraction of sp³-hybridized carbons (Fsp3) is 0.800. The van der Waals surface area contributed by atoms with Gasteiger partial charge in [-0.1, -0.05) is 46.1 Å². The summed E-state index contributed by atoms with van der Waals surface area (Å²) < 4.78 is 0. The highest BCUT2D eigenvalue weighted by atomic mass is 16.4. The molecule has 0 aromatic carbocycles. The lowest BCUT2D eigenvalue weighted by Gasteiger charge is -2.24. The van der Waals surface area contributed by atoms with Gasteiger partial charge >= 0.3 is 5.97 Å². The second kappa shape index (κ2) is 9.26. The van der Waals surface area contributed by atoms with E-state index in [1.165, 1.54) is 12.8 Å². The van der Waals surface area contributed by atoms with E-state index in [4.69, 9.17) is 0 Å². The SMILES string of the molecule is C=CC[C@H](CCCCC)[C@@H](CC(C)C)C(=O)O. The lowest BCUT2D eigenvalue weighted by atomic mass is 9.80. The molecule has 17 heavy (non-hydrogen) atoms. The number of carboxylic acid groups (broad SMARTS) is 1. The van der Waals surface area contributed by atoms with Crippen molar-refractivity contribution in [2.45, 2.75) is 59.3 Å². The van der Waals surface area contributed by atoms with Gasteiger partial charge in [-0.2, -0.15) is 0 Å². The van der Waals surface area contributed by atoms with Crippen LogP contribution in [0.3, 0.4) is 0 Å². The maximum absolute atomic E-state index is 11.3. The number of unbranched alkanes of at least 4 members (excludes halogenated alkanes) is 2. The van der Waals surface area contributed by atoms with E-state index in [0.29, 0.717) is 5.92 Å². The zero-order valence-corrected chi connectivity index (χ0v) is 11.6. The van der Waals surface area contributed by atoms with Crippen LogP contribution in [0.25, 0.3) is 0 Å². The van der Waals surface area contributed by atoms with Gasteiger partial charge in [0, 0.05) is 0 Å². The summed E-state index contributed by atoms with van der Waals surface area (Å²) in [6.45, 7) is 10.1. The number of carboxylic acids is 1. The summed E-state index contributed by atoms with van der Waals surface area (Å²) in [5.41, 5.74) is 0. The predicted molar refractivity (Wildman–Crippen MR) is 73.0 cm³/mol. The molecule has 0 spiro atoms. The molecule has 0 heterocycles. The normalized spacial score (nSPS) is 14.6. The van der Waals surface area contributed by atoms with E-state index >= 15 is 0 Å². The van der Waals surface area contributed by atoms with Crippen LogP contribution < -0.4 is 0 Å². The van der Waals surface area contributed by atoms with Crippen molar-refractivity contribution in [2.75, 3.05) is 0 Å². The summed E-state index contributed by atoms with van der Waals surface area (Å²) in [5, 5.41) is 9.34. The van der Waals surface area contributed by atoms with Gasteiger partial charge in [-0.25, -0.2) is 0 Å². The Morgan fingerprint density at radius 3 is 2.41 bits per heavy atom. The van der Waals surface area contributed by atoms with E-state index in [9.17, 15) is 9.90 Å². The number of aliphatic carboxylic acids is 1. The van der Waals surface area contributed by atoms with Gasteiger partial charge in [-0.05, 0) is 31.1 Å². The van der Waals surface area contributed by atoms with Gasteiger partial charge < -0.3 is 5.11 Å². The molecule has 0 bridgehead atoms. The van der Waals surface area contributed by atoms with Crippen molar-refractivity contribution in [2.24, 2.45) is 17.8 Å². The Balaban J connectivity index is 4.46. The van der Waals surface area contributed by atoms with Crippen molar-refractivity contribution in [3.8, 4) is 0 Å². The van der Waals surface area contributed by atoms with Crippen molar-refractivity contribution < 1.29 is 9.90 Å². The summed E-state index contributed by atoms with van der Waals surface area (Å²) in [5.74, 6) is -0.138. The van der Waals surface area contributed by atoms with Gasteiger partial charge in [0.25, 0.3) is 0 Å². The van der Waals surface area contributed by atoms with Crippen molar-refractivity contribution in [1.29, 1.82) is 0 Å². The largest absolute Gasteiger partial charge is 0.481 e. The van der Waals surface area contributed by atoms with Crippen LogP contribution in [0.4, 0.5) is 0 Å². The molecule has 2 heteroatoms. The molecule has 0 amide bonds. The molecule has 0 saturated heterocycles. The van der Waals surface area contributed by atoms with E-state index in [0.717, 1.165) is 25.7 Å². The summed E-state index contributed by atoms with van der Waals surface area (Å²) in [6.07, 6.45) is 8.01. The average Bonchev–Trinajstić information content (AvgIpc) is 2.24. The first kappa shape index (κ1) is 16.2. The van der Waals surface area contributed by atoms with Crippen LogP contribution >= 0.6 is 0 Å². The Labute approximate surface area is 106 Å². The molecule has 0 radical (unpaired) electrons. The van der Waals surface area contributed by atoms with Crippen LogP contribution in [-0.4, -0.2) is 11.1 Å². The van der Waals surface area contributed by atoms with Crippen molar-refractivity contribution in [3.63, 3.8) is 0 Å². The van der Waals surface area contributed by atoms with Gasteiger partial charge in [0.05, 0.1) is 5.92 Å². The monoisotopic (exact) mass is 240 g/mol. The van der Waals surface area contributed by atoms with E-state index in [1.807, 2.05) is 6.08 Å². The Hall–Kier alpha value is -0.790. The topological polar surface area (TPSA) is 37.3 Å². The zero-order chi connectivity index (χ0) is 13.3. The number of rotatable bonds is 10. The lowest BCUT2D eigenvalue weighted by molar-refractivity contribution is -0.144. The third-order valence-electron chi connectivity index (χ3n) is 3.26. The Morgan fingerprint density at radius 2 is 2.00 bits per heavy atom. The fourth-order valence-corrected chi connectivity index (χ4v) is 2.36. The number of allylic oxidation sites excluding steroid dienone is 1. The minimum absolute atomic E-state index is 0.204. The van der Waals surface area contributed by atoms with Crippen LogP contribution in [0, 0.1) is 17.8 Å². The van der Waals surface area contributed by atoms with Crippen molar-refractivity contribution in [1.82, 2.24) is 0 Å².